The first-order valence-electron chi connectivity index (χ1n) is 7.98. The van der Waals surface area contributed by atoms with Crippen molar-refractivity contribution in [2.24, 2.45) is 0 Å². The maximum absolute atomic E-state index is 10.5. The molecule has 3 saturated heterocycles. The lowest BCUT2D eigenvalue weighted by atomic mass is 9.85. The van der Waals surface area contributed by atoms with Crippen molar-refractivity contribution in [1.82, 2.24) is 4.90 Å². The van der Waals surface area contributed by atoms with E-state index < -0.39 is 67.2 Å². The average Bonchev–Trinajstić information content (AvgIpc) is 3.06. The molecule has 0 aliphatic carbocycles. The third kappa shape index (κ3) is 2.34. The summed E-state index contributed by atoms with van der Waals surface area (Å²) >= 11 is 0. The standard InChI is InChI=1S/C14H25NO9/c1-23-14(13(22)11(21)8(18)6(4-16)24-14)12-10(20)9(19)7-5(17)2-3-15(7)12/h5-13,16-22H,2-4H2,1H3/t5-,6-,7+,8-,9?,10?,11-,12?,13+,14+/m1/s1. The van der Waals surface area contributed by atoms with Crippen LogP contribution >= 0.6 is 0 Å². The second kappa shape index (κ2) is 6.40. The summed E-state index contributed by atoms with van der Waals surface area (Å²) in [6.07, 6.45) is -9.46. The summed E-state index contributed by atoms with van der Waals surface area (Å²) in [4.78, 5) is 1.57. The maximum atomic E-state index is 10.5. The number of fused-ring (bicyclic) bond motifs is 1. The second-order valence-electron chi connectivity index (χ2n) is 6.70. The lowest BCUT2D eigenvalue weighted by molar-refractivity contribution is -0.378. The minimum Gasteiger partial charge on any atom is -0.394 e. The SMILES string of the molecule is CO[C@@]1(C2C(O)C(O)[C@@H]3[C@H](O)CCN23)O[C@H](CO)[C@@H](O)[C@@H](O)[C@@H]1O. The molecule has 3 rings (SSSR count). The number of aliphatic hydroxyl groups excluding tert-OH is 7. The molecule has 3 fully saturated rings. The van der Waals surface area contributed by atoms with Crippen LogP contribution in [0.2, 0.25) is 0 Å². The van der Waals surface area contributed by atoms with Gasteiger partial charge in [-0.3, -0.25) is 4.90 Å². The van der Waals surface area contributed by atoms with Gasteiger partial charge in [-0.25, -0.2) is 0 Å². The van der Waals surface area contributed by atoms with Gasteiger partial charge in [0.25, 0.3) is 0 Å². The fourth-order valence-corrected chi connectivity index (χ4v) is 4.32. The van der Waals surface area contributed by atoms with Crippen LogP contribution in [0.3, 0.4) is 0 Å². The van der Waals surface area contributed by atoms with Crippen molar-refractivity contribution >= 4 is 0 Å². The summed E-state index contributed by atoms with van der Waals surface area (Å²) in [6.45, 7) is -0.332. The Morgan fingerprint density at radius 1 is 1.04 bits per heavy atom. The van der Waals surface area contributed by atoms with Gasteiger partial charge < -0.3 is 45.2 Å². The largest absolute Gasteiger partial charge is 0.394 e. The van der Waals surface area contributed by atoms with Gasteiger partial charge in [0.05, 0.1) is 30.9 Å². The number of hydrogen-bond donors (Lipinski definition) is 7. The summed E-state index contributed by atoms with van der Waals surface area (Å²) in [5, 5.41) is 70.7. The molecule has 0 spiro atoms. The molecule has 0 aromatic rings. The first-order chi connectivity index (χ1) is 11.3. The van der Waals surface area contributed by atoms with Gasteiger partial charge >= 0.3 is 0 Å². The molecule has 10 heteroatoms. The molecule has 0 amide bonds. The van der Waals surface area contributed by atoms with Crippen molar-refractivity contribution in [1.29, 1.82) is 0 Å². The Morgan fingerprint density at radius 3 is 2.29 bits per heavy atom. The molecule has 0 saturated carbocycles. The van der Waals surface area contributed by atoms with E-state index in [0.717, 1.165) is 0 Å². The van der Waals surface area contributed by atoms with Crippen molar-refractivity contribution in [3.63, 3.8) is 0 Å². The monoisotopic (exact) mass is 351 g/mol. The van der Waals surface area contributed by atoms with E-state index in [-0.39, 0.29) is 0 Å². The second-order valence-corrected chi connectivity index (χ2v) is 6.70. The van der Waals surface area contributed by atoms with Crippen molar-refractivity contribution in [2.45, 2.75) is 67.0 Å². The normalized spacial score (nSPS) is 55.8. The van der Waals surface area contributed by atoms with Gasteiger partial charge in [-0.1, -0.05) is 0 Å². The molecule has 0 aromatic heterocycles. The summed E-state index contributed by atoms with van der Waals surface area (Å²) in [7, 11) is 1.20. The zero-order chi connectivity index (χ0) is 17.8. The first kappa shape index (κ1) is 18.4. The smallest absolute Gasteiger partial charge is 0.216 e. The Bertz CT molecular complexity index is 466. The molecule has 10 atom stereocenters. The molecular weight excluding hydrogens is 326 g/mol. The van der Waals surface area contributed by atoms with Crippen LogP contribution in [-0.4, -0.2) is 122 Å². The summed E-state index contributed by atoms with van der Waals surface area (Å²) < 4.78 is 10.9. The Kier molecular flexibility index (Phi) is 4.90. The minimum absolute atomic E-state index is 0.314. The highest BCUT2D eigenvalue weighted by Crippen LogP contribution is 2.44. The van der Waals surface area contributed by atoms with Gasteiger partial charge in [-0.05, 0) is 6.42 Å². The van der Waals surface area contributed by atoms with Crippen LogP contribution in [0.25, 0.3) is 0 Å². The van der Waals surface area contributed by atoms with E-state index >= 15 is 0 Å². The molecule has 0 bridgehead atoms. The van der Waals surface area contributed by atoms with Crippen LogP contribution in [0.5, 0.6) is 0 Å². The highest BCUT2D eigenvalue weighted by molar-refractivity contribution is 5.15. The molecule has 3 heterocycles. The number of methoxy groups -OCH3 is 1. The lowest BCUT2D eigenvalue weighted by Crippen LogP contribution is -2.73. The zero-order valence-electron chi connectivity index (χ0n) is 13.2. The van der Waals surface area contributed by atoms with E-state index in [0.29, 0.717) is 13.0 Å². The van der Waals surface area contributed by atoms with E-state index in [1.807, 2.05) is 0 Å². The van der Waals surface area contributed by atoms with Gasteiger partial charge in [0.2, 0.25) is 5.79 Å². The minimum atomic E-state index is -1.99. The number of hydrogen-bond acceptors (Lipinski definition) is 10. The zero-order valence-corrected chi connectivity index (χ0v) is 13.2. The summed E-state index contributed by atoms with van der Waals surface area (Å²) in [5.74, 6) is -1.99. The Hall–Kier alpha value is -0.400. The van der Waals surface area contributed by atoms with Gasteiger partial charge in [0.15, 0.2) is 0 Å². The number of rotatable bonds is 3. The molecule has 3 aliphatic heterocycles. The molecule has 10 nitrogen and oxygen atoms in total. The molecule has 3 unspecified atom stereocenters. The molecule has 3 aliphatic rings. The fourth-order valence-electron chi connectivity index (χ4n) is 4.32. The van der Waals surface area contributed by atoms with Crippen LogP contribution in [0.4, 0.5) is 0 Å². The van der Waals surface area contributed by atoms with Gasteiger partial charge in [-0.15, -0.1) is 0 Å². The van der Waals surface area contributed by atoms with Crippen LogP contribution < -0.4 is 0 Å². The summed E-state index contributed by atoms with van der Waals surface area (Å²) in [5.41, 5.74) is 0. The first-order valence-corrected chi connectivity index (χ1v) is 7.98. The van der Waals surface area contributed by atoms with Crippen LogP contribution in [0, 0.1) is 0 Å². The third-order valence-corrected chi connectivity index (χ3v) is 5.55. The van der Waals surface area contributed by atoms with E-state index in [1.54, 1.807) is 4.90 Å². The van der Waals surface area contributed by atoms with E-state index in [4.69, 9.17) is 9.47 Å². The van der Waals surface area contributed by atoms with Crippen LogP contribution in [0.1, 0.15) is 6.42 Å². The molecular formula is C14H25NO9. The number of aliphatic hydroxyl groups is 7. The Balaban J connectivity index is 2.00. The number of ether oxygens (including phenoxy) is 2. The van der Waals surface area contributed by atoms with Crippen molar-refractivity contribution < 1.29 is 45.2 Å². The third-order valence-electron chi connectivity index (χ3n) is 5.55. The quantitative estimate of drug-likeness (QED) is 0.263. The predicted molar refractivity (Wildman–Crippen MR) is 76.6 cm³/mol. The van der Waals surface area contributed by atoms with E-state index in [2.05, 4.69) is 0 Å². The van der Waals surface area contributed by atoms with Crippen molar-refractivity contribution in [2.75, 3.05) is 20.3 Å². The van der Waals surface area contributed by atoms with Gasteiger partial charge in [0, 0.05) is 13.7 Å². The van der Waals surface area contributed by atoms with E-state index in [1.165, 1.54) is 7.11 Å². The average molecular weight is 351 g/mol. The van der Waals surface area contributed by atoms with Crippen LogP contribution in [-0.2, 0) is 9.47 Å². The molecule has 7 N–H and O–H groups in total. The topological polar surface area (TPSA) is 163 Å². The number of nitrogens with zero attached hydrogens (tertiary/aromatic N) is 1. The molecule has 0 aromatic carbocycles. The maximum Gasteiger partial charge on any atom is 0.216 e. The lowest BCUT2D eigenvalue weighted by Gasteiger charge is -2.52. The Labute approximate surface area is 138 Å². The van der Waals surface area contributed by atoms with Gasteiger partial charge in [-0.2, -0.15) is 0 Å². The van der Waals surface area contributed by atoms with Crippen molar-refractivity contribution in [3.05, 3.63) is 0 Å². The molecule has 0 radical (unpaired) electrons. The molecule has 140 valence electrons. The predicted octanol–water partition coefficient (Wildman–Crippen LogP) is -4.66. The molecule has 24 heavy (non-hydrogen) atoms. The highest BCUT2D eigenvalue weighted by Gasteiger charge is 2.67. The van der Waals surface area contributed by atoms with E-state index in [9.17, 15) is 35.7 Å². The highest BCUT2D eigenvalue weighted by atomic mass is 16.7. The van der Waals surface area contributed by atoms with Crippen LogP contribution in [0.15, 0.2) is 0 Å². The van der Waals surface area contributed by atoms with Crippen molar-refractivity contribution in [3.8, 4) is 0 Å². The Morgan fingerprint density at radius 2 is 1.71 bits per heavy atom. The fraction of sp³-hybridized carbons (Fsp3) is 1.00. The van der Waals surface area contributed by atoms with Gasteiger partial charge in [0.1, 0.15) is 30.5 Å². The summed E-state index contributed by atoms with van der Waals surface area (Å²) in [6, 6.07) is -1.87.